The largest absolute Gasteiger partial charge is 0.372 e. The molecule has 43 heavy (non-hydrogen) atoms. The van der Waals surface area contributed by atoms with Crippen LogP contribution in [0, 0.1) is 23.0 Å². The van der Waals surface area contributed by atoms with Crippen LogP contribution >= 0.6 is 31.9 Å². The van der Waals surface area contributed by atoms with Gasteiger partial charge in [0, 0.05) is 36.1 Å². The molecule has 0 spiro atoms. The number of nitrogens with zero attached hydrogens (tertiary/aromatic N) is 4. The molecule has 3 heterocycles. The van der Waals surface area contributed by atoms with Gasteiger partial charge in [-0.25, -0.2) is 33.6 Å². The molecule has 0 unspecified atom stereocenters. The van der Waals surface area contributed by atoms with Crippen LogP contribution in [0.25, 0.3) is 21.8 Å². The molecule has 0 fully saturated rings. The van der Waals surface area contributed by atoms with E-state index in [1.165, 1.54) is 40.6 Å². The number of nitrogens with two attached hydrogens (primary N) is 1. The van der Waals surface area contributed by atoms with Gasteiger partial charge in [0.1, 0.15) is 17.5 Å². The van der Waals surface area contributed by atoms with E-state index in [1.54, 1.807) is 0 Å². The highest BCUT2D eigenvalue weighted by molar-refractivity contribution is 9.10. The Bertz CT molecular complexity index is 1950. The number of halogens is 4. The number of fused-ring (bicyclic) bond motifs is 2. The normalized spacial score (nSPS) is 13.0. The minimum absolute atomic E-state index is 0.0279. The lowest BCUT2D eigenvalue weighted by Gasteiger charge is -2.02. The lowest BCUT2D eigenvalue weighted by Crippen LogP contribution is -2.20. The second-order valence-electron chi connectivity index (χ2n) is 9.55. The van der Waals surface area contributed by atoms with Crippen molar-refractivity contribution in [2.45, 2.75) is 26.2 Å². The summed E-state index contributed by atoms with van der Waals surface area (Å²) in [6.07, 6.45) is 6.66. The third-order valence-electron chi connectivity index (χ3n) is 6.16. The van der Waals surface area contributed by atoms with Crippen molar-refractivity contribution in [1.29, 1.82) is 5.26 Å². The van der Waals surface area contributed by atoms with Gasteiger partial charge < -0.3 is 11.1 Å². The van der Waals surface area contributed by atoms with E-state index in [9.17, 15) is 25.6 Å². The van der Waals surface area contributed by atoms with Crippen molar-refractivity contribution in [3.63, 3.8) is 0 Å². The van der Waals surface area contributed by atoms with Gasteiger partial charge in [-0.1, -0.05) is 6.92 Å². The van der Waals surface area contributed by atoms with E-state index in [2.05, 4.69) is 49.1 Å². The molecule has 16 heteroatoms. The first kappa shape index (κ1) is 34.6. The van der Waals surface area contributed by atoms with E-state index < -0.39 is 31.7 Å². The molecule has 4 aromatic rings. The summed E-state index contributed by atoms with van der Waals surface area (Å²) in [6.45, 7) is 4.36. The number of hydrogen-bond donors (Lipinski definition) is 2. The molecule has 0 bridgehead atoms. The summed E-state index contributed by atoms with van der Waals surface area (Å²) >= 11 is 6.11. The van der Waals surface area contributed by atoms with E-state index >= 15 is 0 Å². The molecule has 2 aromatic heterocycles. The summed E-state index contributed by atoms with van der Waals surface area (Å²) in [5.41, 5.74) is 7.06. The van der Waals surface area contributed by atoms with Crippen molar-refractivity contribution in [3.05, 3.63) is 68.4 Å². The van der Waals surface area contributed by atoms with E-state index in [0.29, 0.717) is 40.3 Å². The Kier molecular flexibility index (Phi) is 11.5. The summed E-state index contributed by atoms with van der Waals surface area (Å²) in [5, 5.41) is 12.8. The SMILES string of the molecule is CCCN.CS(=O)(=O)n1cc(CC#N)c2cc(F)c(Br)cc21.CS(=O)(=O)n1cc(CC2=NCCN2)c2cc(F)c(Br)cc21. The van der Waals surface area contributed by atoms with Crippen LogP contribution in [0.2, 0.25) is 0 Å². The standard InChI is InChI=1S/C13H13BrFN3O2S.C11H8BrFN2O2S.C3H9N/c1-21(19,20)18-7-8(4-13-16-2-3-17-13)9-5-11(15)10(14)6-12(9)18;1-18(16,17)15-6-7(2-3-14)8-4-10(13)9(12)5-11(8)15;1-2-3-4/h5-7H,2-4H2,1H3,(H,16,17);4-6H,2H2,1H3;2-4H2,1H3. The Hall–Kier alpha value is -2.84. The van der Waals surface area contributed by atoms with Crippen LogP contribution in [0.5, 0.6) is 0 Å². The summed E-state index contributed by atoms with van der Waals surface area (Å²) < 4.78 is 77.0. The van der Waals surface area contributed by atoms with Gasteiger partial charge in [-0.05, 0) is 80.2 Å². The third kappa shape index (κ3) is 8.42. The van der Waals surface area contributed by atoms with Crippen LogP contribution in [0.1, 0.15) is 24.5 Å². The van der Waals surface area contributed by atoms with E-state index in [4.69, 9.17) is 11.0 Å². The average molecular weight is 765 g/mol. The number of aliphatic imine (C=N–C) groups is 1. The van der Waals surface area contributed by atoms with Gasteiger partial charge in [0.15, 0.2) is 0 Å². The predicted octanol–water partition coefficient (Wildman–Crippen LogP) is 4.67. The molecule has 0 radical (unpaired) electrons. The van der Waals surface area contributed by atoms with Crippen molar-refractivity contribution >= 4 is 79.5 Å². The zero-order valence-corrected chi connectivity index (χ0v) is 28.3. The van der Waals surface area contributed by atoms with Crippen molar-refractivity contribution in [1.82, 2.24) is 13.3 Å². The number of benzene rings is 2. The molecule has 0 saturated heterocycles. The Morgan fingerprint density at radius 2 is 1.42 bits per heavy atom. The minimum atomic E-state index is -3.49. The van der Waals surface area contributed by atoms with Gasteiger partial charge in [-0.2, -0.15) is 5.26 Å². The maximum atomic E-state index is 13.8. The summed E-state index contributed by atoms with van der Waals surface area (Å²) in [4.78, 5) is 4.29. The first-order valence-corrected chi connectivity index (χ1v) is 18.1. The average Bonchev–Trinajstić information content (AvgIpc) is 3.65. The highest BCUT2D eigenvalue weighted by Gasteiger charge is 2.19. The van der Waals surface area contributed by atoms with Crippen molar-refractivity contribution in [3.8, 4) is 6.07 Å². The Balaban J connectivity index is 0.000000212. The molecule has 0 aliphatic carbocycles. The molecule has 0 amide bonds. The van der Waals surface area contributed by atoms with Crippen LogP contribution in [-0.2, 0) is 32.9 Å². The molecule has 0 saturated carbocycles. The molecule has 1 aliphatic rings. The lowest BCUT2D eigenvalue weighted by atomic mass is 10.1. The maximum Gasteiger partial charge on any atom is 0.236 e. The van der Waals surface area contributed by atoms with Crippen molar-refractivity contribution in [2.24, 2.45) is 10.7 Å². The maximum absolute atomic E-state index is 13.8. The first-order chi connectivity index (χ1) is 20.1. The number of aromatic nitrogens is 2. The van der Waals surface area contributed by atoms with Crippen LogP contribution in [-0.4, -0.2) is 62.8 Å². The Morgan fingerprint density at radius 1 is 0.953 bits per heavy atom. The van der Waals surface area contributed by atoms with Gasteiger partial charge in [0.2, 0.25) is 20.0 Å². The number of nitriles is 1. The van der Waals surface area contributed by atoms with E-state index in [-0.39, 0.29) is 15.4 Å². The number of hydrogen-bond acceptors (Lipinski definition) is 8. The number of rotatable bonds is 6. The van der Waals surface area contributed by atoms with Gasteiger partial charge in [0.25, 0.3) is 0 Å². The highest BCUT2D eigenvalue weighted by Crippen LogP contribution is 2.30. The monoisotopic (exact) mass is 762 g/mol. The van der Waals surface area contributed by atoms with Crippen molar-refractivity contribution < 1.29 is 25.6 Å². The van der Waals surface area contributed by atoms with Gasteiger partial charge in [-0.3, -0.25) is 4.99 Å². The Labute approximate surface area is 265 Å². The summed E-state index contributed by atoms with van der Waals surface area (Å²) in [6, 6.07) is 7.40. The minimum Gasteiger partial charge on any atom is -0.372 e. The highest BCUT2D eigenvalue weighted by atomic mass is 79.9. The van der Waals surface area contributed by atoms with Gasteiger partial charge >= 0.3 is 0 Å². The predicted molar refractivity (Wildman–Crippen MR) is 172 cm³/mol. The summed E-state index contributed by atoms with van der Waals surface area (Å²) in [5.74, 6) is -0.116. The van der Waals surface area contributed by atoms with E-state index in [0.717, 1.165) is 47.4 Å². The molecule has 1 aliphatic heterocycles. The van der Waals surface area contributed by atoms with Crippen LogP contribution in [0.3, 0.4) is 0 Å². The Morgan fingerprint density at radius 3 is 1.81 bits per heavy atom. The molecule has 3 N–H and O–H groups in total. The molecular weight excluding hydrogens is 734 g/mol. The fourth-order valence-electron chi connectivity index (χ4n) is 4.17. The molecule has 0 atom stereocenters. The fraction of sp³-hybridized carbons (Fsp3) is 0.333. The topological polar surface area (TPSA) is 152 Å². The fourth-order valence-corrected chi connectivity index (χ4v) is 6.49. The third-order valence-corrected chi connectivity index (χ3v) is 9.41. The second kappa shape index (κ2) is 14.3. The van der Waals surface area contributed by atoms with Gasteiger partial charge in [0.05, 0.1) is 51.5 Å². The second-order valence-corrected chi connectivity index (χ2v) is 15.0. The summed E-state index contributed by atoms with van der Waals surface area (Å²) in [7, 11) is -6.95. The smallest absolute Gasteiger partial charge is 0.236 e. The molecule has 5 rings (SSSR count). The quantitative estimate of drug-likeness (QED) is 0.290. The molecule has 2 aromatic carbocycles. The van der Waals surface area contributed by atoms with Crippen molar-refractivity contribution in [2.75, 3.05) is 32.1 Å². The van der Waals surface area contributed by atoms with Gasteiger partial charge in [-0.15, -0.1) is 0 Å². The molecular formula is C27H30Br2F2N6O4S2. The lowest BCUT2D eigenvalue weighted by molar-refractivity contribution is 0.593. The zero-order chi connectivity index (χ0) is 32.1. The van der Waals surface area contributed by atoms with Crippen LogP contribution in [0.15, 0.2) is 50.6 Å². The van der Waals surface area contributed by atoms with Crippen LogP contribution < -0.4 is 11.1 Å². The van der Waals surface area contributed by atoms with E-state index in [1.807, 2.05) is 6.07 Å². The first-order valence-electron chi connectivity index (χ1n) is 12.9. The number of nitrogens with one attached hydrogen (secondary N) is 1. The van der Waals surface area contributed by atoms with Crippen LogP contribution in [0.4, 0.5) is 8.78 Å². The molecule has 10 nitrogen and oxygen atoms in total. The molecule has 232 valence electrons. The number of amidine groups is 1. The zero-order valence-electron chi connectivity index (χ0n) is 23.5.